The summed E-state index contributed by atoms with van der Waals surface area (Å²) in [4.78, 5) is 4.22. The van der Waals surface area contributed by atoms with Gasteiger partial charge in [0.25, 0.3) is 0 Å². The SMILES string of the molecule is CCCOc1cncc(C(NN)c2ccc(I)c(Cl)c2)c1. The number of pyridine rings is 1. The molecule has 112 valence electrons. The van der Waals surface area contributed by atoms with E-state index in [0.717, 1.165) is 26.9 Å². The highest BCUT2D eigenvalue weighted by molar-refractivity contribution is 14.1. The molecule has 0 bridgehead atoms. The number of nitrogens with one attached hydrogen (secondary N) is 1. The Hall–Kier alpha value is -0.890. The summed E-state index contributed by atoms with van der Waals surface area (Å²) in [5.41, 5.74) is 4.73. The number of nitrogens with zero attached hydrogens (tertiary/aromatic N) is 1. The predicted molar refractivity (Wildman–Crippen MR) is 93.4 cm³/mol. The average Bonchev–Trinajstić information content (AvgIpc) is 2.50. The Kier molecular flexibility index (Phi) is 6.22. The first kappa shape index (κ1) is 16.5. The van der Waals surface area contributed by atoms with Crippen molar-refractivity contribution in [3.63, 3.8) is 0 Å². The molecule has 1 heterocycles. The largest absolute Gasteiger partial charge is 0.492 e. The Labute approximate surface area is 143 Å². The summed E-state index contributed by atoms with van der Waals surface area (Å²) >= 11 is 8.38. The highest BCUT2D eigenvalue weighted by Crippen LogP contribution is 2.28. The van der Waals surface area contributed by atoms with E-state index < -0.39 is 0 Å². The number of ether oxygens (including phenoxy) is 1. The molecule has 0 amide bonds. The highest BCUT2D eigenvalue weighted by Gasteiger charge is 2.15. The summed E-state index contributed by atoms with van der Waals surface area (Å²) in [6, 6.07) is 7.63. The van der Waals surface area contributed by atoms with Crippen molar-refractivity contribution in [2.75, 3.05) is 6.61 Å². The van der Waals surface area contributed by atoms with E-state index in [-0.39, 0.29) is 6.04 Å². The molecule has 0 saturated carbocycles. The molecule has 0 radical (unpaired) electrons. The lowest BCUT2D eigenvalue weighted by molar-refractivity contribution is 0.315. The number of benzene rings is 1. The van der Waals surface area contributed by atoms with Gasteiger partial charge in [-0.05, 0) is 58.3 Å². The number of hydrazine groups is 1. The first-order chi connectivity index (χ1) is 10.2. The van der Waals surface area contributed by atoms with Gasteiger partial charge in [0.1, 0.15) is 5.75 Å². The molecule has 0 aliphatic carbocycles. The molecule has 4 nitrogen and oxygen atoms in total. The predicted octanol–water partition coefficient (Wildman–Crippen LogP) is 3.68. The Morgan fingerprint density at radius 1 is 1.33 bits per heavy atom. The Morgan fingerprint density at radius 2 is 2.14 bits per heavy atom. The van der Waals surface area contributed by atoms with Gasteiger partial charge in [-0.15, -0.1) is 0 Å². The van der Waals surface area contributed by atoms with Crippen molar-refractivity contribution in [3.05, 3.63) is 56.4 Å². The van der Waals surface area contributed by atoms with Crippen molar-refractivity contribution >= 4 is 34.2 Å². The molecule has 0 spiro atoms. The molecule has 0 fully saturated rings. The number of aromatic nitrogens is 1. The van der Waals surface area contributed by atoms with Gasteiger partial charge in [-0.1, -0.05) is 24.6 Å². The minimum atomic E-state index is -0.183. The van der Waals surface area contributed by atoms with Gasteiger partial charge in [-0.3, -0.25) is 10.8 Å². The Balaban J connectivity index is 2.30. The van der Waals surface area contributed by atoms with Crippen molar-refractivity contribution in [1.82, 2.24) is 10.4 Å². The second kappa shape index (κ2) is 7.93. The molecular weight excluding hydrogens is 401 g/mol. The summed E-state index contributed by atoms with van der Waals surface area (Å²) in [5.74, 6) is 6.45. The molecule has 21 heavy (non-hydrogen) atoms. The minimum absolute atomic E-state index is 0.183. The van der Waals surface area contributed by atoms with E-state index >= 15 is 0 Å². The molecule has 2 aromatic rings. The number of hydrogen-bond acceptors (Lipinski definition) is 4. The van der Waals surface area contributed by atoms with Crippen LogP contribution in [0.15, 0.2) is 36.7 Å². The van der Waals surface area contributed by atoms with E-state index in [4.69, 9.17) is 22.2 Å². The van der Waals surface area contributed by atoms with Gasteiger partial charge in [0, 0.05) is 9.77 Å². The first-order valence-corrected chi connectivity index (χ1v) is 8.10. The maximum atomic E-state index is 6.19. The van der Waals surface area contributed by atoms with Gasteiger partial charge in [0.2, 0.25) is 0 Å². The molecule has 3 N–H and O–H groups in total. The van der Waals surface area contributed by atoms with Crippen molar-refractivity contribution < 1.29 is 4.74 Å². The molecule has 0 saturated heterocycles. The van der Waals surface area contributed by atoms with Crippen LogP contribution in [0.3, 0.4) is 0 Å². The zero-order valence-electron chi connectivity index (χ0n) is 11.6. The Bertz CT molecular complexity index is 609. The van der Waals surface area contributed by atoms with Crippen LogP contribution in [0.25, 0.3) is 0 Å². The molecule has 1 unspecified atom stereocenters. The zero-order valence-corrected chi connectivity index (χ0v) is 14.6. The summed E-state index contributed by atoms with van der Waals surface area (Å²) < 4.78 is 6.62. The van der Waals surface area contributed by atoms with Crippen LogP contribution in [0.1, 0.15) is 30.5 Å². The minimum Gasteiger partial charge on any atom is -0.492 e. The molecule has 1 aromatic carbocycles. The molecule has 1 atom stereocenters. The lowest BCUT2D eigenvalue weighted by Gasteiger charge is -2.18. The summed E-state index contributed by atoms with van der Waals surface area (Å²) in [6.45, 7) is 2.73. The van der Waals surface area contributed by atoms with Gasteiger partial charge in [0.05, 0.1) is 23.9 Å². The second-order valence-electron chi connectivity index (χ2n) is 4.58. The van der Waals surface area contributed by atoms with Crippen LogP contribution < -0.4 is 16.0 Å². The highest BCUT2D eigenvalue weighted by atomic mass is 127. The average molecular weight is 418 g/mol. The van der Waals surface area contributed by atoms with E-state index in [0.29, 0.717) is 11.6 Å². The summed E-state index contributed by atoms with van der Waals surface area (Å²) in [6.07, 6.45) is 4.43. The van der Waals surface area contributed by atoms with E-state index in [1.54, 1.807) is 12.4 Å². The quantitative estimate of drug-likeness (QED) is 0.428. The van der Waals surface area contributed by atoms with Crippen molar-refractivity contribution in [1.29, 1.82) is 0 Å². The third-order valence-corrected chi connectivity index (χ3v) is 4.56. The van der Waals surface area contributed by atoms with Crippen LogP contribution in [0.2, 0.25) is 5.02 Å². The first-order valence-electron chi connectivity index (χ1n) is 6.64. The topological polar surface area (TPSA) is 60.2 Å². The fraction of sp³-hybridized carbons (Fsp3) is 0.267. The molecule has 6 heteroatoms. The van der Waals surface area contributed by atoms with Crippen LogP contribution in [-0.4, -0.2) is 11.6 Å². The number of nitrogens with two attached hydrogens (primary N) is 1. The van der Waals surface area contributed by atoms with Crippen LogP contribution in [0, 0.1) is 3.57 Å². The number of halogens is 2. The number of hydrogen-bond donors (Lipinski definition) is 2. The van der Waals surface area contributed by atoms with E-state index in [2.05, 4.69) is 39.9 Å². The standard InChI is InChI=1S/C15H17ClIN3O/c1-2-5-21-12-6-11(8-19-9-12)15(20-18)10-3-4-14(17)13(16)7-10/h3-4,6-9,15,20H,2,5,18H2,1H3. The summed E-state index contributed by atoms with van der Waals surface area (Å²) in [7, 11) is 0. The van der Waals surface area contributed by atoms with E-state index in [1.807, 2.05) is 24.3 Å². The monoisotopic (exact) mass is 417 g/mol. The van der Waals surface area contributed by atoms with Gasteiger partial charge < -0.3 is 4.74 Å². The maximum absolute atomic E-state index is 6.19. The molecule has 0 aliphatic rings. The van der Waals surface area contributed by atoms with Crippen LogP contribution in [-0.2, 0) is 0 Å². The van der Waals surface area contributed by atoms with E-state index in [1.165, 1.54) is 0 Å². The number of rotatable bonds is 6. The van der Waals surface area contributed by atoms with Crippen LogP contribution in [0.4, 0.5) is 0 Å². The van der Waals surface area contributed by atoms with Gasteiger partial charge in [-0.25, -0.2) is 5.43 Å². The second-order valence-corrected chi connectivity index (χ2v) is 6.15. The van der Waals surface area contributed by atoms with Crippen molar-refractivity contribution in [3.8, 4) is 5.75 Å². The lowest BCUT2D eigenvalue weighted by Crippen LogP contribution is -2.29. The maximum Gasteiger partial charge on any atom is 0.137 e. The van der Waals surface area contributed by atoms with Crippen LogP contribution in [0.5, 0.6) is 5.75 Å². The Morgan fingerprint density at radius 3 is 2.81 bits per heavy atom. The van der Waals surface area contributed by atoms with Crippen molar-refractivity contribution in [2.24, 2.45) is 5.84 Å². The lowest BCUT2D eigenvalue weighted by atomic mass is 10.0. The molecule has 1 aromatic heterocycles. The zero-order chi connectivity index (χ0) is 15.2. The van der Waals surface area contributed by atoms with E-state index in [9.17, 15) is 0 Å². The third kappa shape index (κ3) is 4.29. The smallest absolute Gasteiger partial charge is 0.137 e. The molecular formula is C15H17ClIN3O. The fourth-order valence-corrected chi connectivity index (χ4v) is 2.49. The van der Waals surface area contributed by atoms with Gasteiger partial charge >= 0.3 is 0 Å². The third-order valence-electron chi connectivity index (χ3n) is 2.98. The van der Waals surface area contributed by atoms with Gasteiger partial charge in [-0.2, -0.15) is 0 Å². The van der Waals surface area contributed by atoms with Crippen LogP contribution >= 0.6 is 34.2 Å². The fourth-order valence-electron chi connectivity index (χ4n) is 1.97. The molecule has 0 aliphatic heterocycles. The van der Waals surface area contributed by atoms with Crippen molar-refractivity contribution in [2.45, 2.75) is 19.4 Å². The summed E-state index contributed by atoms with van der Waals surface area (Å²) in [5, 5.41) is 0.708. The molecule has 2 rings (SSSR count). The van der Waals surface area contributed by atoms with Gasteiger partial charge in [0.15, 0.2) is 0 Å². The normalized spacial score (nSPS) is 12.2.